The predicted molar refractivity (Wildman–Crippen MR) is 159 cm³/mol. The molecule has 0 fully saturated rings. The first-order chi connectivity index (χ1) is 17.9. The first-order valence-electron chi connectivity index (χ1n) is 14.2. The molecular formula is C30H51N3O4S. The van der Waals surface area contributed by atoms with Crippen molar-refractivity contribution in [1.82, 2.24) is 15.5 Å². The lowest BCUT2D eigenvalue weighted by Gasteiger charge is -2.35. The Hall–Kier alpha value is -2.22. The van der Waals surface area contributed by atoms with Crippen LogP contribution in [0.15, 0.2) is 18.2 Å². The van der Waals surface area contributed by atoms with Gasteiger partial charge in [0.25, 0.3) is 0 Å². The van der Waals surface area contributed by atoms with Crippen molar-refractivity contribution in [3.63, 3.8) is 0 Å². The maximum atomic E-state index is 14.0. The van der Waals surface area contributed by atoms with Gasteiger partial charge in [0, 0.05) is 18.8 Å². The third-order valence-electron chi connectivity index (χ3n) is 6.32. The van der Waals surface area contributed by atoms with E-state index in [0.29, 0.717) is 13.1 Å². The largest absolute Gasteiger partial charge is 0.444 e. The minimum atomic E-state index is -0.926. The van der Waals surface area contributed by atoms with Gasteiger partial charge < -0.3 is 20.3 Å². The van der Waals surface area contributed by atoms with Gasteiger partial charge in [0.15, 0.2) is 0 Å². The van der Waals surface area contributed by atoms with E-state index in [1.165, 1.54) is 0 Å². The van der Waals surface area contributed by atoms with E-state index < -0.39 is 23.8 Å². The van der Waals surface area contributed by atoms with E-state index in [-0.39, 0.29) is 17.6 Å². The highest BCUT2D eigenvalue weighted by Crippen LogP contribution is 2.27. The van der Waals surface area contributed by atoms with Crippen molar-refractivity contribution in [2.24, 2.45) is 0 Å². The molecule has 3 amide bonds. The lowest BCUT2D eigenvalue weighted by atomic mass is 9.96. The van der Waals surface area contributed by atoms with Gasteiger partial charge >= 0.3 is 6.09 Å². The van der Waals surface area contributed by atoms with Crippen LogP contribution in [-0.2, 0) is 14.3 Å². The van der Waals surface area contributed by atoms with E-state index in [2.05, 4.69) is 37.1 Å². The molecule has 0 aliphatic heterocycles. The monoisotopic (exact) mass is 549 g/mol. The second-order valence-corrected chi connectivity index (χ2v) is 11.5. The Labute approximate surface area is 236 Å². The molecule has 0 saturated heterocycles. The zero-order valence-corrected chi connectivity index (χ0v) is 25.6. The minimum Gasteiger partial charge on any atom is -0.444 e. The number of unbranched alkanes of at least 4 members (excludes halogenated alkanes) is 6. The minimum absolute atomic E-state index is 0.0854. The predicted octanol–water partition coefficient (Wildman–Crippen LogP) is 6.27. The number of nitrogens with one attached hydrogen (secondary N) is 2. The molecule has 2 unspecified atom stereocenters. The number of thiol groups is 1. The standard InChI is InChI=1S/C30H51N3O4S/c1-8-10-12-13-15-19-33(28(35)25(21-38)32-29(36)37-30(5,6)7)26(27(34)31-18-14-11-9-2)24-17-16-22(3)20-23(24)4/h16-17,20,25-26,38H,8-15,18-19,21H2,1-7H3,(H,31,34)(H,32,36). The Balaban J connectivity index is 3.38. The highest BCUT2D eigenvalue weighted by atomic mass is 32.1. The highest BCUT2D eigenvalue weighted by molar-refractivity contribution is 7.80. The number of alkyl carbamates (subject to hydrolysis) is 1. The van der Waals surface area contributed by atoms with Crippen molar-refractivity contribution < 1.29 is 19.1 Å². The smallest absolute Gasteiger partial charge is 0.408 e. The molecule has 0 radical (unpaired) electrons. The quantitative estimate of drug-likeness (QED) is 0.167. The molecule has 8 heteroatoms. The van der Waals surface area contributed by atoms with Crippen LogP contribution >= 0.6 is 12.6 Å². The van der Waals surface area contributed by atoms with Crippen molar-refractivity contribution in [2.75, 3.05) is 18.8 Å². The van der Waals surface area contributed by atoms with Gasteiger partial charge in [0.2, 0.25) is 11.8 Å². The zero-order valence-electron chi connectivity index (χ0n) is 24.7. The van der Waals surface area contributed by atoms with Gasteiger partial charge in [-0.05, 0) is 58.6 Å². The van der Waals surface area contributed by atoms with E-state index >= 15 is 0 Å². The van der Waals surface area contributed by atoms with Crippen LogP contribution in [-0.4, -0.2) is 53.3 Å². The second-order valence-electron chi connectivity index (χ2n) is 11.1. The molecule has 1 aromatic rings. The third kappa shape index (κ3) is 12.1. The molecule has 2 N–H and O–H groups in total. The van der Waals surface area contributed by atoms with Crippen molar-refractivity contribution in [1.29, 1.82) is 0 Å². The number of hydrogen-bond acceptors (Lipinski definition) is 5. The molecule has 1 rings (SSSR count). The van der Waals surface area contributed by atoms with Crippen LogP contribution in [0.25, 0.3) is 0 Å². The van der Waals surface area contributed by atoms with Crippen LogP contribution in [0.4, 0.5) is 4.79 Å². The molecule has 216 valence electrons. The van der Waals surface area contributed by atoms with Gasteiger partial charge in [-0.3, -0.25) is 9.59 Å². The first kappa shape index (κ1) is 33.8. The van der Waals surface area contributed by atoms with Gasteiger partial charge in [-0.25, -0.2) is 4.79 Å². The number of nitrogens with zero attached hydrogens (tertiary/aromatic N) is 1. The van der Waals surface area contributed by atoms with Crippen molar-refractivity contribution in [3.05, 3.63) is 34.9 Å². The number of carbonyl (C=O) groups is 3. The van der Waals surface area contributed by atoms with Crippen LogP contribution < -0.4 is 10.6 Å². The highest BCUT2D eigenvalue weighted by Gasteiger charge is 2.36. The summed E-state index contributed by atoms with van der Waals surface area (Å²) in [5, 5.41) is 5.75. The molecule has 0 aromatic heterocycles. The SMILES string of the molecule is CCCCCCCN(C(=O)C(CS)NC(=O)OC(C)(C)C)C(C(=O)NCCCCC)c1ccc(C)cc1C. The summed E-state index contributed by atoms with van der Waals surface area (Å²) in [4.78, 5) is 41.9. The molecule has 0 spiro atoms. The van der Waals surface area contributed by atoms with Crippen LogP contribution in [0.1, 0.15) is 109 Å². The fraction of sp³-hybridized carbons (Fsp3) is 0.700. The maximum Gasteiger partial charge on any atom is 0.408 e. The summed E-state index contributed by atoms with van der Waals surface area (Å²) in [7, 11) is 0. The molecule has 0 aliphatic carbocycles. The Bertz CT molecular complexity index is 885. The number of hydrogen-bond donors (Lipinski definition) is 3. The summed E-state index contributed by atoms with van der Waals surface area (Å²) in [6.07, 6.45) is 7.33. The van der Waals surface area contributed by atoms with E-state index in [1.54, 1.807) is 25.7 Å². The fourth-order valence-electron chi connectivity index (χ4n) is 4.35. The Morgan fingerprint density at radius 3 is 2.18 bits per heavy atom. The lowest BCUT2D eigenvalue weighted by Crippen LogP contribution is -2.54. The summed E-state index contributed by atoms with van der Waals surface area (Å²) in [6.45, 7) is 14.5. The Kier molecular flexibility index (Phi) is 15.5. The van der Waals surface area contributed by atoms with Crippen molar-refractivity contribution in [2.45, 2.75) is 118 Å². The van der Waals surface area contributed by atoms with Gasteiger partial charge in [-0.2, -0.15) is 12.6 Å². The number of amides is 3. The maximum absolute atomic E-state index is 14.0. The fourth-order valence-corrected chi connectivity index (χ4v) is 4.60. The molecule has 7 nitrogen and oxygen atoms in total. The second kappa shape index (κ2) is 17.4. The molecule has 2 atom stereocenters. The van der Waals surface area contributed by atoms with E-state index in [4.69, 9.17) is 4.74 Å². The van der Waals surface area contributed by atoms with Gasteiger partial charge in [-0.1, -0.05) is 76.1 Å². The molecular weight excluding hydrogens is 498 g/mol. The summed E-state index contributed by atoms with van der Waals surface area (Å²) in [6, 6.07) is 4.21. The third-order valence-corrected chi connectivity index (χ3v) is 6.68. The average molecular weight is 550 g/mol. The van der Waals surface area contributed by atoms with E-state index in [1.807, 2.05) is 32.0 Å². The molecule has 0 heterocycles. The topological polar surface area (TPSA) is 87.7 Å². The van der Waals surface area contributed by atoms with Gasteiger partial charge in [0.1, 0.15) is 17.7 Å². The summed E-state index contributed by atoms with van der Waals surface area (Å²) in [5.74, 6) is -0.456. The van der Waals surface area contributed by atoms with E-state index in [9.17, 15) is 14.4 Å². The zero-order chi connectivity index (χ0) is 28.7. The van der Waals surface area contributed by atoms with Crippen molar-refractivity contribution >= 4 is 30.5 Å². The van der Waals surface area contributed by atoms with Crippen LogP contribution in [0, 0.1) is 13.8 Å². The molecule has 38 heavy (non-hydrogen) atoms. The van der Waals surface area contributed by atoms with Crippen LogP contribution in [0.5, 0.6) is 0 Å². The van der Waals surface area contributed by atoms with E-state index in [0.717, 1.165) is 68.1 Å². The normalized spacial score (nSPS) is 12.9. The molecule has 0 bridgehead atoms. The number of ether oxygens (including phenoxy) is 1. The van der Waals surface area contributed by atoms with Gasteiger partial charge in [0.05, 0.1) is 0 Å². The van der Waals surface area contributed by atoms with Crippen LogP contribution in [0.2, 0.25) is 0 Å². The van der Waals surface area contributed by atoms with Crippen LogP contribution in [0.3, 0.4) is 0 Å². The van der Waals surface area contributed by atoms with Gasteiger partial charge in [-0.15, -0.1) is 0 Å². The Morgan fingerprint density at radius 2 is 1.61 bits per heavy atom. The number of benzene rings is 1. The summed E-state index contributed by atoms with van der Waals surface area (Å²) in [5.41, 5.74) is 2.13. The number of carbonyl (C=O) groups excluding carboxylic acids is 3. The lowest BCUT2D eigenvalue weighted by molar-refractivity contribution is -0.142. The average Bonchev–Trinajstić information content (AvgIpc) is 2.83. The number of rotatable bonds is 16. The number of aryl methyl sites for hydroxylation is 2. The van der Waals surface area contributed by atoms with Crippen molar-refractivity contribution in [3.8, 4) is 0 Å². The molecule has 1 aromatic carbocycles. The Morgan fingerprint density at radius 1 is 0.974 bits per heavy atom. The molecule has 0 aliphatic rings. The summed E-state index contributed by atoms with van der Waals surface area (Å²) < 4.78 is 5.39. The molecule has 0 saturated carbocycles. The first-order valence-corrected chi connectivity index (χ1v) is 14.8. The summed E-state index contributed by atoms with van der Waals surface area (Å²) >= 11 is 4.38.